The van der Waals surface area contributed by atoms with Crippen molar-refractivity contribution in [2.75, 3.05) is 45.3 Å². The van der Waals surface area contributed by atoms with Gasteiger partial charge in [0.15, 0.2) is 5.78 Å². The molecule has 1 N–H and O–H groups in total. The zero-order valence-electron chi connectivity index (χ0n) is 21.4. The quantitative estimate of drug-likeness (QED) is 0.415. The number of anilines is 1. The molecule has 0 radical (unpaired) electrons. The summed E-state index contributed by atoms with van der Waals surface area (Å²) in [6.45, 7) is 8.63. The van der Waals surface area contributed by atoms with E-state index in [0.717, 1.165) is 16.7 Å². The van der Waals surface area contributed by atoms with Gasteiger partial charge in [-0.1, -0.05) is 29.3 Å². The van der Waals surface area contributed by atoms with Crippen molar-refractivity contribution >= 4 is 23.3 Å². The topological polar surface area (TPSA) is 97.8 Å². The maximum absolute atomic E-state index is 13.7. The Morgan fingerprint density at radius 2 is 1.70 bits per heavy atom. The molecule has 8 heteroatoms. The van der Waals surface area contributed by atoms with Crippen LogP contribution in [0.25, 0.3) is 22.4 Å². The van der Waals surface area contributed by atoms with Crippen LogP contribution in [0.15, 0.2) is 36.4 Å². The van der Waals surface area contributed by atoms with Gasteiger partial charge < -0.3 is 14.8 Å². The minimum Gasteiger partial charge on any atom is -0.465 e. The Balaban J connectivity index is 1.59. The number of esters is 1. The molecule has 2 heterocycles. The van der Waals surface area contributed by atoms with Crippen LogP contribution in [0.5, 0.6) is 0 Å². The zero-order chi connectivity index (χ0) is 26.3. The Hall–Kier alpha value is -3.88. The molecule has 5 rings (SSSR count). The number of ether oxygens (including phenoxy) is 2. The molecule has 0 bridgehead atoms. The maximum Gasteiger partial charge on any atom is 0.340 e. The van der Waals surface area contributed by atoms with Crippen molar-refractivity contribution in [3.05, 3.63) is 69.9 Å². The summed E-state index contributed by atoms with van der Waals surface area (Å²) in [5, 5.41) is 2.94. The molecule has 1 aromatic heterocycles. The van der Waals surface area contributed by atoms with Crippen molar-refractivity contribution in [2.45, 2.75) is 20.8 Å². The molecule has 0 spiro atoms. The number of carbonyl (C=O) groups excluding carboxylic acids is 3. The van der Waals surface area contributed by atoms with Gasteiger partial charge in [-0.3, -0.25) is 19.5 Å². The Kier molecular flexibility index (Phi) is 6.62. The highest BCUT2D eigenvalue weighted by Crippen LogP contribution is 2.44. The van der Waals surface area contributed by atoms with Gasteiger partial charge in [0.25, 0.3) is 0 Å². The number of benzene rings is 2. The van der Waals surface area contributed by atoms with E-state index < -0.39 is 5.97 Å². The first-order chi connectivity index (χ1) is 17.8. The molecule has 3 aromatic rings. The number of rotatable bonds is 5. The summed E-state index contributed by atoms with van der Waals surface area (Å²) in [5.74, 6) is -0.878. The standard InChI is InChI=1S/C29H29N3O5/c1-16-11-17(2)13-19(12-16)25-24(29(35)36-4)18(3)30-27-22-14-20(5-6-21(22)28(34)26(25)27)31-23(33)15-32-7-9-37-10-8-32/h5-6,11-14H,7-10,15H2,1-4H3,(H,31,33). The number of amides is 1. The monoisotopic (exact) mass is 499 g/mol. The number of carbonyl (C=O) groups is 3. The van der Waals surface area contributed by atoms with Gasteiger partial charge in [-0.05, 0) is 44.5 Å². The first kappa shape index (κ1) is 24.8. The lowest BCUT2D eigenvalue weighted by atomic mass is 9.90. The molecule has 1 aliphatic carbocycles. The van der Waals surface area contributed by atoms with E-state index >= 15 is 0 Å². The van der Waals surface area contributed by atoms with Crippen molar-refractivity contribution in [2.24, 2.45) is 0 Å². The summed E-state index contributed by atoms with van der Waals surface area (Å²) in [6, 6.07) is 11.2. The third-order valence-electron chi connectivity index (χ3n) is 6.78. The number of aryl methyl sites for hydroxylation is 3. The lowest BCUT2D eigenvalue weighted by Gasteiger charge is -2.25. The van der Waals surface area contributed by atoms with Gasteiger partial charge >= 0.3 is 5.97 Å². The molecule has 1 amide bonds. The third kappa shape index (κ3) is 4.65. The highest BCUT2D eigenvalue weighted by molar-refractivity contribution is 6.26. The largest absolute Gasteiger partial charge is 0.465 e. The van der Waals surface area contributed by atoms with Gasteiger partial charge in [0.1, 0.15) is 0 Å². The number of hydrogen-bond donors (Lipinski definition) is 1. The second-order valence-corrected chi connectivity index (χ2v) is 9.56. The van der Waals surface area contributed by atoms with E-state index in [9.17, 15) is 14.4 Å². The Bertz CT molecular complexity index is 1420. The second kappa shape index (κ2) is 9.88. The number of methoxy groups -OCH3 is 1. The lowest BCUT2D eigenvalue weighted by Crippen LogP contribution is -2.41. The molecule has 0 atom stereocenters. The molecule has 2 aromatic carbocycles. The number of aromatic nitrogens is 1. The van der Waals surface area contributed by atoms with Crippen LogP contribution in [0.4, 0.5) is 5.69 Å². The van der Waals surface area contributed by atoms with Crippen molar-refractivity contribution in [3.63, 3.8) is 0 Å². The minimum absolute atomic E-state index is 0.132. The Morgan fingerprint density at radius 1 is 1.00 bits per heavy atom. The van der Waals surface area contributed by atoms with Gasteiger partial charge in [-0.15, -0.1) is 0 Å². The van der Waals surface area contributed by atoms with Crippen LogP contribution in [-0.4, -0.2) is 67.5 Å². The highest BCUT2D eigenvalue weighted by atomic mass is 16.5. The lowest BCUT2D eigenvalue weighted by molar-refractivity contribution is -0.118. The highest BCUT2D eigenvalue weighted by Gasteiger charge is 2.35. The normalized spacial score (nSPS) is 14.8. The first-order valence-corrected chi connectivity index (χ1v) is 12.3. The van der Waals surface area contributed by atoms with E-state index in [-0.39, 0.29) is 23.8 Å². The minimum atomic E-state index is -0.540. The summed E-state index contributed by atoms with van der Waals surface area (Å²) in [7, 11) is 1.32. The van der Waals surface area contributed by atoms with Crippen molar-refractivity contribution in [1.82, 2.24) is 9.88 Å². The van der Waals surface area contributed by atoms with Gasteiger partial charge in [-0.2, -0.15) is 0 Å². The number of morpholine rings is 1. The number of hydrogen-bond acceptors (Lipinski definition) is 7. The zero-order valence-corrected chi connectivity index (χ0v) is 21.4. The van der Waals surface area contributed by atoms with Crippen LogP contribution < -0.4 is 5.32 Å². The van der Waals surface area contributed by atoms with Crippen molar-refractivity contribution in [1.29, 1.82) is 0 Å². The number of ketones is 1. The van der Waals surface area contributed by atoms with Crippen LogP contribution in [0.3, 0.4) is 0 Å². The van der Waals surface area contributed by atoms with Crippen LogP contribution in [0.1, 0.15) is 43.1 Å². The van der Waals surface area contributed by atoms with Gasteiger partial charge in [0.05, 0.1) is 49.4 Å². The summed E-state index contributed by atoms with van der Waals surface area (Å²) in [6.07, 6.45) is 0. The van der Waals surface area contributed by atoms with Crippen LogP contribution in [0, 0.1) is 20.8 Å². The van der Waals surface area contributed by atoms with Gasteiger partial charge in [0.2, 0.25) is 5.91 Å². The predicted octanol–water partition coefficient (Wildman–Crippen LogP) is 3.94. The summed E-state index contributed by atoms with van der Waals surface area (Å²) in [5.41, 5.74) is 6.67. The molecule has 37 heavy (non-hydrogen) atoms. The van der Waals surface area contributed by atoms with Crippen molar-refractivity contribution in [3.8, 4) is 22.4 Å². The van der Waals surface area contributed by atoms with E-state index in [0.29, 0.717) is 65.6 Å². The molecule has 1 fully saturated rings. The molecule has 1 aliphatic heterocycles. The van der Waals surface area contributed by atoms with Crippen molar-refractivity contribution < 1.29 is 23.9 Å². The van der Waals surface area contributed by atoms with Crippen LogP contribution in [-0.2, 0) is 14.3 Å². The fourth-order valence-electron chi connectivity index (χ4n) is 5.19. The third-order valence-corrected chi connectivity index (χ3v) is 6.78. The molecule has 2 aliphatic rings. The molecular weight excluding hydrogens is 470 g/mol. The first-order valence-electron chi connectivity index (χ1n) is 12.3. The smallest absolute Gasteiger partial charge is 0.340 e. The molecule has 8 nitrogen and oxygen atoms in total. The van der Waals surface area contributed by atoms with Crippen LogP contribution >= 0.6 is 0 Å². The van der Waals surface area contributed by atoms with Gasteiger partial charge in [-0.25, -0.2) is 4.79 Å². The molecule has 0 saturated carbocycles. The number of nitrogens with one attached hydrogen (secondary N) is 1. The fourth-order valence-corrected chi connectivity index (χ4v) is 5.19. The second-order valence-electron chi connectivity index (χ2n) is 9.56. The molecular formula is C29H29N3O5. The average molecular weight is 500 g/mol. The summed E-state index contributed by atoms with van der Waals surface area (Å²) in [4.78, 5) is 46.0. The predicted molar refractivity (Wildman–Crippen MR) is 140 cm³/mol. The number of fused-ring (bicyclic) bond motifs is 3. The molecule has 190 valence electrons. The SMILES string of the molecule is COC(=O)c1c(C)nc2c(c1-c1cc(C)cc(C)c1)C(=O)c1ccc(NC(=O)CN3CCOCC3)cc1-2. The van der Waals surface area contributed by atoms with Crippen LogP contribution in [0.2, 0.25) is 0 Å². The molecule has 0 unspecified atom stereocenters. The van der Waals surface area contributed by atoms with E-state index in [1.807, 2.05) is 36.9 Å². The van der Waals surface area contributed by atoms with E-state index in [2.05, 4.69) is 5.32 Å². The van der Waals surface area contributed by atoms with E-state index in [4.69, 9.17) is 14.5 Å². The maximum atomic E-state index is 13.7. The molecule has 1 saturated heterocycles. The van der Waals surface area contributed by atoms with Gasteiger partial charge in [0, 0.05) is 35.5 Å². The number of nitrogens with zero attached hydrogens (tertiary/aromatic N) is 2. The summed E-state index contributed by atoms with van der Waals surface area (Å²) < 4.78 is 10.4. The fraction of sp³-hybridized carbons (Fsp3) is 0.310. The number of pyridine rings is 1. The Labute approximate surface area is 215 Å². The van der Waals surface area contributed by atoms with E-state index in [1.54, 1.807) is 25.1 Å². The summed E-state index contributed by atoms with van der Waals surface area (Å²) >= 11 is 0. The Morgan fingerprint density at radius 3 is 2.38 bits per heavy atom. The average Bonchev–Trinajstić information content (AvgIpc) is 3.13. The van der Waals surface area contributed by atoms with E-state index in [1.165, 1.54) is 7.11 Å².